The van der Waals surface area contributed by atoms with Crippen LogP contribution in [0.25, 0.3) is 5.57 Å². The summed E-state index contributed by atoms with van der Waals surface area (Å²) in [5, 5.41) is 0.673. The average molecular weight is 263 g/mol. The van der Waals surface area contributed by atoms with Gasteiger partial charge in [-0.25, -0.2) is 4.79 Å². The topological polar surface area (TPSA) is 26.3 Å². The fraction of sp³-hybridized carbons (Fsp3) is 0.267. The second-order valence-corrected chi connectivity index (χ2v) is 4.61. The molecule has 2 rings (SSSR count). The summed E-state index contributed by atoms with van der Waals surface area (Å²) in [6.45, 7) is 4.21. The molecule has 0 N–H and O–H groups in total. The lowest BCUT2D eigenvalue weighted by Gasteiger charge is -2.10. The number of esters is 1. The molecule has 1 aliphatic rings. The first-order chi connectivity index (χ1) is 8.63. The van der Waals surface area contributed by atoms with E-state index in [0.717, 1.165) is 16.7 Å². The Morgan fingerprint density at radius 2 is 2.22 bits per heavy atom. The van der Waals surface area contributed by atoms with Crippen molar-refractivity contribution in [1.82, 2.24) is 0 Å². The Morgan fingerprint density at radius 3 is 2.94 bits per heavy atom. The van der Waals surface area contributed by atoms with Crippen molar-refractivity contribution >= 4 is 23.1 Å². The number of carbonyl (C=O) groups excluding carboxylic acids is 1. The maximum atomic E-state index is 11.9. The first-order valence-corrected chi connectivity index (χ1v) is 6.34. The molecule has 1 aromatic carbocycles. The predicted molar refractivity (Wildman–Crippen MR) is 73.5 cm³/mol. The van der Waals surface area contributed by atoms with Crippen LogP contribution >= 0.6 is 11.6 Å². The van der Waals surface area contributed by atoms with Crippen molar-refractivity contribution in [2.75, 3.05) is 6.61 Å². The van der Waals surface area contributed by atoms with Gasteiger partial charge >= 0.3 is 5.97 Å². The second-order valence-electron chi connectivity index (χ2n) is 4.18. The maximum Gasteiger partial charge on any atom is 0.334 e. The van der Waals surface area contributed by atoms with E-state index in [0.29, 0.717) is 23.6 Å². The fourth-order valence-corrected chi connectivity index (χ4v) is 2.23. The molecule has 0 aromatic heterocycles. The van der Waals surface area contributed by atoms with E-state index >= 15 is 0 Å². The van der Waals surface area contributed by atoms with Gasteiger partial charge in [-0.2, -0.15) is 0 Å². The van der Waals surface area contributed by atoms with Gasteiger partial charge in [-0.3, -0.25) is 0 Å². The number of rotatable bonds is 3. The first kappa shape index (κ1) is 12.9. The van der Waals surface area contributed by atoms with Crippen LogP contribution in [0.2, 0.25) is 5.02 Å². The third kappa shape index (κ3) is 2.49. The van der Waals surface area contributed by atoms with Gasteiger partial charge in [-0.05, 0) is 49.1 Å². The Kier molecular flexibility index (Phi) is 3.87. The molecule has 0 amide bonds. The van der Waals surface area contributed by atoms with E-state index < -0.39 is 0 Å². The summed E-state index contributed by atoms with van der Waals surface area (Å²) in [4.78, 5) is 11.9. The average Bonchev–Trinajstić information content (AvgIpc) is 2.81. The third-order valence-electron chi connectivity index (χ3n) is 2.94. The van der Waals surface area contributed by atoms with Gasteiger partial charge in [0.2, 0.25) is 0 Å². The van der Waals surface area contributed by atoms with E-state index in [1.807, 2.05) is 44.2 Å². The lowest BCUT2D eigenvalue weighted by molar-refractivity contribution is -0.138. The molecular weight excluding hydrogens is 248 g/mol. The predicted octanol–water partition coefficient (Wildman–Crippen LogP) is 3.93. The molecule has 0 saturated heterocycles. The number of hydrogen-bond donors (Lipinski definition) is 0. The van der Waals surface area contributed by atoms with Gasteiger partial charge in [0.15, 0.2) is 0 Å². The standard InChI is InChI=1S/C15H15ClO2/c1-3-18-15(17)13-6-4-5-12(13)14-9-11(16)8-7-10(14)2/h4-5,7-9H,3,6H2,1-2H3. The molecule has 3 heteroatoms. The molecule has 0 bridgehead atoms. The van der Waals surface area contributed by atoms with Crippen LogP contribution in [0, 0.1) is 6.92 Å². The Labute approximate surface area is 112 Å². The largest absolute Gasteiger partial charge is 0.463 e. The Morgan fingerprint density at radius 1 is 1.44 bits per heavy atom. The van der Waals surface area contributed by atoms with Crippen molar-refractivity contribution in [2.45, 2.75) is 20.3 Å². The van der Waals surface area contributed by atoms with Gasteiger partial charge in [0.25, 0.3) is 0 Å². The summed E-state index contributed by atoms with van der Waals surface area (Å²) in [7, 11) is 0. The highest BCUT2D eigenvalue weighted by atomic mass is 35.5. The zero-order chi connectivity index (χ0) is 13.1. The van der Waals surface area contributed by atoms with Crippen LogP contribution in [0.15, 0.2) is 35.9 Å². The molecule has 0 unspecified atom stereocenters. The van der Waals surface area contributed by atoms with E-state index in [-0.39, 0.29) is 5.97 Å². The summed E-state index contributed by atoms with van der Waals surface area (Å²) in [6.07, 6.45) is 4.56. The van der Waals surface area contributed by atoms with E-state index in [9.17, 15) is 4.79 Å². The van der Waals surface area contributed by atoms with Crippen LogP contribution < -0.4 is 0 Å². The minimum absolute atomic E-state index is 0.239. The molecule has 0 atom stereocenters. The lowest BCUT2D eigenvalue weighted by Crippen LogP contribution is -2.07. The van der Waals surface area contributed by atoms with Gasteiger partial charge < -0.3 is 4.74 Å². The number of carbonyl (C=O) groups is 1. The van der Waals surface area contributed by atoms with E-state index in [4.69, 9.17) is 16.3 Å². The number of benzene rings is 1. The zero-order valence-electron chi connectivity index (χ0n) is 10.5. The molecule has 94 valence electrons. The minimum Gasteiger partial charge on any atom is -0.463 e. The Bertz CT molecular complexity index is 541. The van der Waals surface area contributed by atoms with E-state index in [1.54, 1.807) is 0 Å². The van der Waals surface area contributed by atoms with Crippen LogP contribution in [-0.2, 0) is 9.53 Å². The van der Waals surface area contributed by atoms with Crippen LogP contribution in [-0.4, -0.2) is 12.6 Å². The van der Waals surface area contributed by atoms with Crippen LogP contribution in [0.5, 0.6) is 0 Å². The highest BCUT2D eigenvalue weighted by Crippen LogP contribution is 2.32. The molecule has 0 heterocycles. The first-order valence-electron chi connectivity index (χ1n) is 5.96. The summed E-state index contributed by atoms with van der Waals surface area (Å²) in [5.41, 5.74) is 3.73. The van der Waals surface area contributed by atoms with E-state index in [2.05, 4.69) is 0 Å². The molecule has 0 saturated carbocycles. The minimum atomic E-state index is -0.239. The highest BCUT2D eigenvalue weighted by molar-refractivity contribution is 6.30. The SMILES string of the molecule is CCOC(=O)C1=C(c2cc(Cl)ccc2C)C=CC1. The summed E-state index contributed by atoms with van der Waals surface area (Å²) >= 11 is 6.02. The quantitative estimate of drug-likeness (QED) is 0.772. The van der Waals surface area contributed by atoms with Gasteiger partial charge in [0.05, 0.1) is 6.61 Å². The molecular formula is C15H15ClO2. The molecule has 1 aliphatic carbocycles. The van der Waals surface area contributed by atoms with Crippen molar-refractivity contribution in [3.8, 4) is 0 Å². The van der Waals surface area contributed by atoms with E-state index in [1.165, 1.54) is 0 Å². The van der Waals surface area contributed by atoms with Gasteiger partial charge in [-0.1, -0.05) is 29.8 Å². The van der Waals surface area contributed by atoms with Crippen molar-refractivity contribution in [2.24, 2.45) is 0 Å². The van der Waals surface area contributed by atoms with Crippen molar-refractivity contribution in [3.05, 3.63) is 52.1 Å². The lowest BCUT2D eigenvalue weighted by atomic mass is 9.98. The number of ether oxygens (including phenoxy) is 1. The number of hydrogen-bond acceptors (Lipinski definition) is 2. The van der Waals surface area contributed by atoms with Crippen LogP contribution in [0.1, 0.15) is 24.5 Å². The summed E-state index contributed by atoms with van der Waals surface area (Å²) < 4.78 is 5.08. The van der Waals surface area contributed by atoms with Gasteiger partial charge in [0.1, 0.15) is 0 Å². The summed E-state index contributed by atoms with van der Waals surface area (Å²) in [5.74, 6) is -0.239. The number of allylic oxidation sites excluding steroid dienone is 3. The van der Waals surface area contributed by atoms with Gasteiger partial charge in [0, 0.05) is 10.6 Å². The zero-order valence-corrected chi connectivity index (χ0v) is 11.3. The molecule has 1 aromatic rings. The monoisotopic (exact) mass is 262 g/mol. The molecule has 0 radical (unpaired) electrons. The molecule has 2 nitrogen and oxygen atoms in total. The maximum absolute atomic E-state index is 11.9. The van der Waals surface area contributed by atoms with Crippen molar-refractivity contribution in [1.29, 1.82) is 0 Å². The number of halogens is 1. The van der Waals surface area contributed by atoms with Gasteiger partial charge in [-0.15, -0.1) is 0 Å². The van der Waals surface area contributed by atoms with Crippen LogP contribution in [0.3, 0.4) is 0 Å². The second kappa shape index (κ2) is 5.40. The molecule has 0 spiro atoms. The summed E-state index contributed by atoms with van der Waals surface area (Å²) in [6, 6.07) is 5.70. The van der Waals surface area contributed by atoms with Crippen molar-refractivity contribution < 1.29 is 9.53 Å². The number of aryl methyl sites for hydroxylation is 1. The fourth-order valence-electron chi connectivity index (χ4n) is 2.05. The van der Waals surface area contributed by atoms with Crippen LogP contribution in [0.4, 0.5) is 0 Å². The molecule has 18 heavy (non-hydrogen) atoms. The normalized spacial score (nSPS) is 14.2. The molecule has 0 aliphatic heterocycles. The Hall–Kier alpha value is -1.54. The Balaban J connectivity index is 2.46. The molecule has 0 fully saturated rings. The van der Waals surface area contributed by atoms with Crippen molar-refractivity contribution in [3.63, 3.8) is 0 Å². The third-order valence-corrected chi connectivity index (χ3v) is 3.18. The highest BCUT2D eigenvalue weighted by Gasteiger charge is 2.20. The smallest absolute Gasteiger partial charge is 0.334 e.